The molecule has 57 heavy (non-hydrogen) atoms. The van der Waals surface area contributed by atoms with E-state index in [0.29, 0.717) is 0 Å². The van der Waals surface area contributed by atoms with Gasteiger partial charge in [-0.2, -0.15) is 0 Å². The molecule has 13 rings (SSSR count). The highest BCUT2D eigenvalue weighted by molar-refractivity contribution is 7.26. The minimum atomic E-state index is 0.928. The number of benzene rings is 9. The number of hydrogen-bond acceptors (Lipinski definition) is 2. The molecule has 13 aromatic rings. The topological polar surface area (TPSA) is 22.8 Å². The molecule has 0 fully saturated rings. The Morgan fingerprint density at radius 3 is 2.09 bits per heavy atom. The Morgan fingerprint density at radius 2 is 1.16 bits per heavy atom. The molecule has 4 heteroatoms. The first-order valence-electron chi connectivity index (χ1n) is 19.4. The Morgan fingerprint density at radius 1 is 0.404 bits per heavy atom. The molecule has 264 valence electrons. The molecule has 0 aliphatic carbocycles. The molecule has 0 saturated heterocycles. The van der Waals surface area contributed by atoms with Crippen molar-refractivity contribution in [2.75, 3.05) is 0 Å². The Kier molecular flexibility index (Phi) is 6.32. The van der Waals surface area contributed by atoms with Crippen LogP contribution in [0, 0.1) is 0 Å². The highest BCUT2D eigenvalue weighted by Crippen LogP contribution is 2.46. The molecule has 4 aromatic heterocycles. The van der Waals surface area contributed by atoms with Crippen molar-refractivity contribution in [1.29, 1.82) is 0 Å². The average Bonchev–Trinajstić information content (AvgIpc) is 3.94. The van der Waals surface area contributed by atoms with Crippen LogP contribution in [-0.4, -0.2) is 14.1 Å². The van der Waals surface area contributed by atoms with E-state index in [2.05, 4.69) is 185 Å². The number of aromatic nitrogens is 3. The van der Waals surface area contributed by atoms with E-state index in [1.807, 2.05) is 23.6 Å². The van der Waals surface area contributed by atoms with E-state index in [0.717, 1.165) is 17.0 Å². The van der Waals surface area contributed by atoms with Gasteiger partial charge in [-0.3, -0.25) is 4.57 Å². The maximum absolute atomic E-state index is 4.83. The SMILES string of the molecule is c1ccc(-c2cccc3c2sc2cc(-c4ccc5cc(-n6c7cccc8ccc9c(c87)c6cc6c7ccccc7n(-c7ccccn7)c69)ccc5c4)ccc23)cc1. The van der Waals surface area contributed by atoms with E-state index in [-0.39, 0.29) is 0 Å². The highest BCUT2D eigenvalue weighted by Gasteiger charge is 2.23. The number of thiophene rings is 1. The van der Waals surface area contributed by atoms with Gasteiger partial charge in [-0.05, 0) is 93.0 Å². The van der Waals surface area contributed by atoms with Crippen molar-refractivity contribution in [2.24, 2.45) is 0 Å². The predicted molar refractivity (Wildman–Crippen MR) is 243 cm³/mol. The molecule has 0 spiro atoms. The van der Waals surface area contributed by atoms with Gasteiger partial charge >= 0.3 is 0 Å². The largest absolute Gasteiger partial charge is 0.309 e. The second-order valence-electron chi connectivity index (χ2n) is 15.1. The van der Waals surface area contributed by atoms with Crippen LogP contribution in [0.4, 0.5) is 0 Å². The zero-order valence-electron chi connectivity index (χ0n) is 30.6. The van der Waals surface area contributed by atoms with Crippen LogP contribution in [0.2, 0.25) is 0 Å². The van der Waals surface area contributed by atoms with Crippen molar-refractivity contribution in [3.63, 3.8) is 0 Å². The van der Waals surface area contributed by atoms with Gasteiger partial charge in [0.15, 0.2) is 0 Å². The van der Waals surface area contributed by atoms with Crippen LogP contribution in [-0.2, 0) is 0 Å². The summed E-state index contributed by atoms with van der Waals surface area (Å²) in [6, 6.07) is 66.9. The van der Waals surface area contributed by atoms with E-state index in [4.69, 9.17) is 4.98 Å². The fraction of sp³-hybridized carbons (Fsp3) is 0. The fourth-order valence-electron chi connectivity index (χ4n) is 9.58. The van der Waals surface area contributed by atoms with Crippen molar-refractivity contribution in [2.45, 2.75) is 0 Å². The third kappa shape index (κ3) is 4.39. The lowest BCUT2D eigenvalue weighted by Crippen LogP contribution is -1.97. The van der Waals surface area contributed by atoms with E-state index in [1.165, 1.54) is 102 Å². The van der Waals surface area contributed by atoms with Gasteiger partial charge in [0.1, 0.15) is 5.82 Å². The van der Waals surface area contributed by atoms with Crippen LogP contribution >= 0.6 is 11.3 Å². The highest BCUT2D eigenvalue weighted by atomic mass is 32.1. The van der Waals surface area contributed by atoms with Gasteiger partial charge in [0, 0.05) is 59.0 Å². The van der Waals surface area contributed by atoms with Crippen molar-refractivity contribution in [3.05, 3.63) is 188 Å². The normalized spacial score (nSPS) is 12.2. The van der Waals surface area contributed by atoms with Gasteiger partial charge in [0.05, 0.1) is 22.1 Å². The number of hydrogen-bond donors (Lipinski definition) is 0. The average molecular weight is 742 g/mol. The van der Waals surface area contributed by atoms with E-state index in [9.17, 15) is 0 Å². The maximum atomic E-state index is 4.83. The number of nitrogens with zero attached hydrogens (tertiary/aromatic N) is 3. The standard InChI is InChI=1S/C53H31N3S/c1-2-10-32(11-3-1)39-14-9-15-42-41-25-23-37(30-48(41)57-53(39)42)34-19-20-36-29-38(24-21-35(36)28-34)55-46-17-8-12-33-22-26-43-51(50(33)46)47(55)31-44-40-13-4-5-16-45(40)56(52(43)44)49-18-6-7-27-54-49/h1-31H. The monoisotopic (exact) mass is 741 g/mol. The Labute approximate surface area is 331 Å². The van der Waals surface area contributed by atoms with Crippen LogP contribution < -0.4 is 0 Å². The lowest BCUT2D eigenvalue weighted by molar-refractivity contribution is 1.08. The molecular weight excluding hydrogens is 711 g/mol. The Bertz CT molecular complexity index is 3740. The maximum Gasteiger partial charge on any atom is 0.137 e. The summed E-state index contributed by atoms with van der Waals surface area (Å²) in [6.45, 7) is 0. The van der Waals surface area contributed by atoms with Crippen LogP contribution in [0.15, 0.2) is 188 Å². The molecule has 0 atom stereocenters. The lowest BCUT2D eigenvalue weighted by Gasteiger charge is -2.11. The van der Waals surface area contributed by atoms with E-state index >= 15 is 0 Å². The minimum Gasteiger partial charge on any atom is -0.309 e. The molecule has 0 unspecified atom stereocenters. The van der Waals surface area contributed by atoms with Gasteiger partial charge in [0.25, 0.3) is 0 Å². The van der Waals surface area contributed by atoms with Crippen LogP contribution in [0.1, 0.15) is 0 Å². The summed E-state index contributed by atoms with van der Waals surface area (Å²) in [4.78, 5) is 4.83. The van der Waals surface area contributed by atoms with E-state index < -0.39 is 0 Å². The zero-order chi connectivity index (χ0) is 37.2. The van der Waals surface area contributed by atoms with Gasteiger partial charge in [-0.15, -0.1) is 11.3 Å². The summed E-state index contributed by atoms with van der Waals surface area (Å²) < 4.78 is 7.48. The lowest BCUT2D eigenvalue weighted by atomic mass is 9.99. The summed E-state index contributed by atoms with van der Waals surface area (Å²) >= 11 is 1.89. The molecule has 0 aliphatic heterocycles. The summed E-state index contributed by atoms with van der Waals surface area (Å²) in [5.74, 6) is 0.928. The summed E-state index contributed by atoms with van der Waals surface area (Å²) in [5.41, 5.74) is 11.0. The van der Waals surface area contributed by atoms with Crippen LogP contribution in [0.5, 0.6) is 0 Å². The molecular formula is C53H31N3S. The zero-order valence-corrected chi connectivity index (χ0v) is 31.5. The predicted octanol–water partition coefficient (Wildman–Crippen LogP) is 14.7. The molecule has 3 nitrogen and oxygen atoms in total. The van der Waals surface area contributed by atoms with Gasteiger partial charge in [0.2, 0.25) is 0 Å². The minimum absolute atomic E-state index is 0.928. The Balaban J connectivity index is 0.977. The summed E-state index contributed by atoms with van der Waals surface area (Å²) in [7, 11) is 0. The van der Waals surface area contributed by atoms with Crippen LogP contribution in [0.3, 0.4) is 0 Å². The van der Waals surface area contributed by atoms with Gasteiger partial charge in [-0.25, -0.2) is 4.98 Å². The third-order valence-electron chi connectivity index (χ3n) is 12.1. The van der Waals surface area contributed by atoms with Gasteiger partial charge < -0.3 is 4.57 Å². The fourth-order valence-corrected chi connectivity index (χ4v) is 10.9. The number of pyridine rings is 1. The first-order chi connectivity index (χ1) is 28.3. The second-order valence-corrected chi connectivity index (χ2v) is 16.2. The van der Waals surface area contributed by atoms with Crippen LogP contribution in [0.25, 0.3) is 119 Å². The first-order valence-corrected chi connectivity index (χ1v) is 20.3. The molecule has 0 bridgehead atoms. The number of para-hydroxylation sites is 1. The Hall–Kier alpha value is -7.27. The second kappa shape index (κ2) is 11.6. The molecule has 0 amide bonds. The number of rotatable bonds is 4. The third-order valence-corrected chi connectivity index (χ3v) is 13.3. The molecule has 0 saturated carbocycles. The number of fused-ring (bicyclic) bond motifs is 8. The molecule has 0 radical (unpaired) electrons. The van der Waals surface area contributed by atoms with Crippen molar-refractivity contribution in [3.8, 4) is 33.8 Å². The van der Waals surface area contributed by atoms with Crippen molar-refractivity contribution < 1.29 is 0 Å². The summed E-state index contributed by atoms with van der Waals surface area (Å²) in [6.07, 6.45) is 1.88. The van der Waals surface area contributed by atoms with Gasteiger partial charge in [-0.1, -0.05) is 127 Å². The molecule has 4 heterocycles. The molecule has 0 aliphatic rings. The molecule has 9 aromatic carbocycles. The quantitative estimate of drug-likeness (QED) is 0.165. The summed E-state index contributed by atoms with van der Waals surface area (Å²) in [5, 5.41) is 12.6. The first kappa shape index (κ1) is 31.0. The van der Waals surface area contributed by atoms with E-state index in [1.54, 1.807) is 0 Å². The molecule has 0 N–H and O–H groups in total. The smallest absolute Gasteiger partial charge is 0.137 e. The van der Waals surface area contributed by atoms with Crippen molar-refractivity contribution >= 4 is 96.7 Å². The van der Waals surface area contributed by atoms with Crippen molar-refractivity contribution in [1.82, 2.24) is 14.1 Å².